The lowest BCUT2D eigenvalue weighted by Crippen LogP contribution is -2.45. The van der Waals surface area contributed by atoms with Crippen molar-refractivity contribution in [2.75, 3.05) is 13.1 Å². The normalized spacial score (nSPS) is 27.0. The number of hydrogen-bond acceptors (Lipinski definition) is 2. The van der Waals surface area contributed by atoms with Crippen molar-refractivity contribution < 1.29 is 0 Å². The van der Waals surface area contributed by atoms with Crippen LogP contribution in [0.1, 0.15) is 52.9 Å². The van der Waals surface area contributed by atoms with Crippen LogP contribution in [0.2, 0.25) is 0 Å². The molecule has 0 spiro atoms. The second kappa shape index (κ2) is 5.47. The molecule has 2 aliphatic rings. The van der Waals surface area contributed by atoms with Crippen LogP contribution in [0.3, 0.4) is 0 Å². The van der Waals surface area contributed by atoms with Crippen molar-refractivity contribution in [1.82, 2.24) is 10.3 Å². The first-order valence-corrected chi connectivity index (χ1v) is 7.30. The lowest BCUT2D eigenvalue weighted by atomic mass is 9.77. The quantitative estimate of drug-likeness (QED) is 0.325. The van der Waals surface area contributed by atoms with Gasteiger partial charge in [0.1, 0.15) is 0 Å². The van der Waals surface area contributed by atoms with E-state index in [0.29, 0.717) is 11.5 Å². The molecule has 2 rings (SSSR count). The zero-order chi connectivity index (χ0) is 13.2. The number of hydrogen-bond donors (Lipinski definition) is 2. The SMILES string of the molecule is CC(C)(C)C1CCCN(C(=NC2CC2)NN)CC1. The number of guanidine groups is 1. The highest BCUT2D eigenvalue weighted by atomic mass is 15.4. The fourth-order valence-electron chi connectivity index (χ4n) is 2.76. The van der Waals surface area contributed by atoms with Crippen molar-refractivity contribution in [3.8, 4) is 0 Å². The van der Waals surface area contributed by atoms with Crippen LogP contribution >= 0.6 is 0 Å². The van der Waals surface area contributed by atoms with E-state index >= 15 is 0 Å². The minimum absolute atomic E-state index is 0.417. The Morgan fingerprint density at radius 3 is 2.44 bits per heavy atom. The van der Waals surface area contributed by atoms with E-state index in [2.05, 4.69) is 36.1 Å². The summed E-state index contributed by atoms with van der Waals surface area (Å²) < 4.78 is 0. The molecular formula is C14H28N4. The van der Waals surface area contributed by atoms with Gasteiger partial charge in [0.15, 0.2) is 0 Å². The smallest absolute Gasteiger partial charge is 0.208 e. The monoisotopic (exact) mass is 252 g/mol. The third kappa shape index (κ3) is 3.61. The van der Waals surface area contributed by atoms with Gasteiger partial charge in [-0.3, -0.25) is 5.43 Å². The molecule has 1 atom stereocenters. The molecule has 0 amide bonds. The van der Waals surface area contributed by atoms with E-state index < -0.39 is 0 Å². The fraction of sp³-hybridized carbons (Fsp3) is 0.929. The fourth-order valence-corrected chi connectivity index (χ4v) is 2.76. The van der Waals surface area contributed by atoms with E-state index in [4.69, 9.17) is 5.84 Å². The lowest BCUT2D eigenvalue weighted by molar-refractivity contribution is 0.216. The summed E-state index contributed by atoms with van der Waals surface area (Å²) in [6, 6.07) is 0.526. The van der Waals surface area contributed by atoms with Gasteiger partial charge in [-0.25, -0.2) is 10.8 Å². The second-order valence-electron chi connectivity index (χ2n) is 6.81. The van der Waals surface area contributed by atoms with Crippen molar-refractivity contribution in [2.45, 2.75) is 58.9 Å². The maximum absolute atomic E-state index is 5.63. The third-order valence-electron chi connectivity index (χ3n) is 4.23. The predicted octanol–water partition coefficient (Wildman–Crippen LogP) is 2.12. The zero-order valence-electron chi connectivity index (χ0n) is 12.1. The van der Waals surface area contributed by atoms with Crippen molar-refractivity contribution in [2.24, 2.45) is 22.2 Å². The Labute approximate surface area is 111 Å². The van der Waals surface area contributed by atoms with Crippen LogP contribution in [0.25, 0.3) is 0 Å². The number of likely N-dealkylation sites (tertiary alicyclic amines) is 1. The van der Waals surface area contributed by atoms with E-state index in [-0.39, 0.29) is 0 Å². The molecule has 104 valence electrons. The summed E-state index contributed by atoms with van der Waals surface area (Å²) in [7, 11) is 0. The Morgan fingerprint density at radius 2 is 1.89 bits per heavy atom. The molecule has 3 N–H and O–H groups in total. The molecule has 1 saturated carbocycles. The minimum atomic E-state index is 0.417. The summed E-state index contributed by atoms with van der Waals surface area (Å²) in [6.45, 7) is 9.23. The van der Waals surface area contributed by atoms with Crippen LogP contribution in [0.5, 0.6) is 0 Å². The highest BCUT2D eigenvalue weighted by molar-refractivity contribution is 5.79. The largest absolute Gasteiger partial charge is 0.342 e. The molecule has 18 heavy (non-hydrogen) atoms. The summed E-state index contributed by atoms with van der Waals surface area (Å²) in [5, 5.41) is 0. The topological polar surface area (TPSA) is 53.6 Å². The van der Waals surface area contributed by atoms with Gasteiger partial charge in [-0.1, -0.05) is 20.8 Å². The van der Waals surface area contributed by atoms with E-state index in [1.165, 1.54) is 32.1 Å². The maximum Gasteiger partial charge on any atom is 0.208 e. The standard InChI is InChI=1S/C14H28N4/c1-14(2,3)11-5-4-9-18(10-8-11)13(17-15)16-12-6-7-12/h11-12H,4-10,15H2,1-3H3,(H,16,17). The Balaban J connectivity index is 1.95. The molecule has 0 bridgehead atoms. The van der Waals surface area contributed by atoms with E-state index in [9.17, 15) is 0 Å². The predicted molar refractivity (Wildman–Crippen MR) is 76.1 cm³/mol. The number of nitrogens with one attached hydrogen (secondary N) is 1. The summed E-state index contributed by atoms with van der Waals surface area (Å²) in [5.74, 6) is 7.35. The average Bonchev–Trinajstić information content (AvgIpc) is 3.11. The van der Waals surface area contributed by atoms with Crippen molar-refractivity contribution in [3.63, 3.8) is 0 Å². The van der Waals surface area contributed by atoms with E-state index in [1.54, 1.807) is 0 Å². The molecule has 2 fully saturated rings. The molecule has 4 heteroatoms. The van der Waals surface area contributed by atoms with Crippen LogP contribution in [-0.2, 0) is 0 Å². The van der Waals surface area contributed by atoms with Crippen LogP contribution in [-0.4, -0.2) is 30.0 Å². The Morgan fingerprint density at radius 1 is 1.17 bits per heavy atom. The van der Waals surface area contributed by atoms with Crippen molar-refractivity contribution in [3.05, 3.63) is 0 Å². The lowest BCUT2D eigenvalue weighted by Gasteiger charge is -2.30. The molecule has 1 heterocycles. The molecule has 0 radical (unpaired) electrons. The molecule has 4 nitrogen and oxygen atoms in total. The second-order valence-corrected chi connectivity index (χ2v) is 6.81. The molecule has 0 aromatic heterocycles. The zero-order valence-corrected chi connectivity index (χ0v) is 12.1. The van der Waals surface area contributed by atoms with Gasteiger partial charge in [0.25, 0.3) is 0 Å². The van der Waals surface area contributed by atoms with Crippen molar-refractivity contribution in [1.29, 1.82) is 0 Å². The molecule has 1 unspecified atom stereocenters. The first-order chi connectivity index (χ1) is 8.50. The van der Waals surface area contributed by atoms with E-state index in [1.807, 2.05) is 0 Å². The molecular weight excluding hydrogens is 224 g/mol. The van der Waals surface area contributed by atoms with Gasteiger partial charge in [-0.2, -0.15) is 0 Å². The number of hydrazine groups is 1. The molecule has 0 aromatic rings. The third-order valence-corrected chi connectivity index (χ3v) is 4.23. The number of rotatable bonds is 1. The average molecular weight is 252 g/mol. The molecule has 1 saturated heterocycles. The summed E-state index contributed by atoms with van der Waals surface area (Å²) in [6.07, 6.45) is 6.26. The Hall–Kier alpha value is -0.770. The summed E-state index contributed by atoms with van der Waals surface area (Å²) in [4.78, 5) is 7.00. The minimum Gasteiger partial charge on any atom is -0.342 e. The van der Waals surface area contributed by atoms with Crippen LogP contribution in [0, 0.1) is 11.3 Å². The highest BCUT2D eigenvalue weighted by Gasteiger charge is 2.29. The highest BCUT2D eigenvalue weighted by Crippen LogP contribution is 2.34. The van der Waals surface area contributed by atoms with Gasteiger partial charge in [0.05, 0.1) is 6.04 Å². The summed E-state index contributed by atoms with van der Waals surface area (Å²) >= 11 is 0. The number of nitrogens with two attached hydrogens (primary N) is 1. The number of aliphatic imine (C=N–C) groups is 1. The van der Waals surface area contributed by atoms with Gasteiger partial charge < -0.3 is 4.90 Å². The maximum atomic E-state index is 5.63. The summed E-state index contributed by atoms with van der Waals surface area (Å²) in [5.41, 5.74) is 3.22. The molecule has 1 aliphatic carbocycles. The van der Waals surface area contributed by atoms with Gasteiger partial charge in [0, 0.05) is 13.1 Å². The first-order valence-electron chi connectivity index (χ1n) is 7.30. The molecule has 0 aromatic carbocycles. The van der Waals surface area contributed by atoms with Gasteiger partial charge in [-0.15, -0.1) is 0 Å². The van der Waals surface area contributed by atoms with Gasteiger partial charge in [-0.05, 0) is 43.4 Å². The van der Waals surface area contributed by atoms with Gasteiger partial charge >= 0.3 is 0 Å². The Bertz CT molecular complexity index is 301. The molecule has 1 aliphatic heterocycles. The Kier molecular flexibility index (Phi) is 4.15. The van der Waals surface area contributed by atoms with E-state index in [0.717, 1.165) is 25.0 Å². The first kappa shape index (κ1) is 13.7. The van der Waals surface area contributed by atoms with Crippen LogP contribution in [0.15, 0.2) is 4.99 Å². The number of nitrogens with zero attached hydrogens (tertiary/aromatic N) is 2. The van der Waals surface area contributed by atoms with Crippen molar-refractivity contribution >= 4 is 5.96 Å². The van der Waals surface area contributed by atoms with Crippen LogP contribution < -0.4 is 11.3 Å². The van der Waals surface area contributed by atoms with Gasteiger partial charge in [0.2, 0.25) is 5.96 Å². The van der Waals surface area contributed by atoms with Crippen LogP contribution in [0.4, 0.5) is 0 Å².